The molecule has 0 aromatic carbocycles. The lowest BCUT2D eigenvalue weighted by Crippen LogP contribution is -2.44. The Morgan fingerprint density at radius 2 is 1.62 bits per heavy atom. The average Bonchev–Trinajstić information content (AvgIpc) is 3.49. The number of alkyl halides is 6. The summed E-state index contributed by atoms with van der Waals surface area (Å²) in [4.78, 5) is 27.5. The maximum absolute atomic E-state index is 10.6. The van der Waals surface area contributed by atoms with Gasteiger partial charge in [-0.2, -0.15) is 37.7 Å². The van der Waals surface area contributed by atoms with E-state index in [1.807, 2.05) is 19.4 Å². The van der Waals surface area contributed by atoms with Crippen LogP contribution in [0.2, 0.25) is 0 Å². The Morgan fingerprint density at radius 3 is 2.08 bits per heavy atom. The van der Waals surface area contributed by atoms with E-state index >= 15 is 0 Å². The summed E-state index contributed by atoms with van der Waals surface area (Å²) in [6.45, 7) is 7.66. The van der Waals surface area contributed by atoms with Gasteiger partial charge in [-0.05, 0) is 65.9 Å². The number of hydrogen-bond donors (Lipinski definition) is 2. The first-order chi connectivity index (χ1) is 18.7. The molecule has 224 valence electrons. The highest BCUT2D eigenvalue weighted by Gasteiger charge is 2.47. The van der Waals surface area contributed by atoms with Gasteiger partial charge in [-0.1, -0.05) is 6.07 Å². The minimum atomic E-state index is -5.08. The van der Waals surface area contributed by atoms with Crippen molar-refractivity contribution in [2.24, 2.45) is 11.3 Å². The van der Waals surface area contributed by atoms with Gasteiger partial charge in [0.15, 0.2) is 0 Å². The quantitative estimate of drug-likeness (QED) is 0.458. The number of aromatic nitrogens is 1. The largest absolute Gasteiger partial charge is 0.490 e. The van der Waals surface area contributed by atoms with Crippen molar-refractivity contribution in [2.75, 3.05) is 39.9 Å². The van der Waals surface area contributed by atoms with Crippen molar-refractivity contribution in [1.29, 1.82) is 0 Å². The molecule has 2 saturated heterocycles. The van der Waals surface area contributed by atoms with Crippen molar-refractivity contribution in [2.45, 2.75) is 38.3 Å². The lowest BCUT2D eigenvalue weighted by atomic mass is 9.71. The fourth-order valence-electron chi connectivity index (χ4n) is 4.78. The van der Waals surface area contributed by atoms with Gasteiger partial charge in [-0.25, -0.2) is 9.59 Å². The zero-order valence-corrected chi connectivity index (χ0v) is 22.4. The first-order valence-corrected chi connectivity index (χ1v) is 13.1. The molecule has 1 atom stereocenters. The number of aliphatic carboxylic acids is 2. The number of rotatable bonds is 6. The van der Waals surface area contributed by atoms with Crippen LogP contribution in [-0.2, 0) is 27.4 Å². The highest BCUT2D eigenvalue weighted by Crippen LogP contribution is 2.45. The van der Waals surface area contributed by atoms with Gasteiger partial charge in [0.1, 0.15) is 0 Å². The number of likely N-dealkylation sites (tertiary alicyclic amines) is 2. The summed E-state index contributed by atoms with van der Waals surface area (Å²) < 4.78 is 69.1. The number of pyridine rings is 1. The molecule has 0 amide bonds. The van der Waals surface area contributed by atoms with Crippen LogP contribution >= 0.6 is 11.3 Å². The third-order valence-corrected chi connectivity index (χ3v) is 7.42. The van der Waals surface area contributed by atoms with Gasteiger partial charge in [-0.15, -0.1) is 0 Å². The Morgan fingerprint density at radius 1 is 1.02 bits per heavy atom. The van der Waals surface area contributed by atoms with E-state index in [9.17, 15) is 26.3 Å². The SMILES string of the molecule is COCC1CN(Cc2ccccn2)CC12CCN(Cc1ccsc1)CC2.O=C(O)C(F)(F)F.O=C(O)C(F)(F)F. The van der Waals surface area contributed by atoms with Crippen molar-refractivity contribution >= 4 is 23.3 Å². The van der Waals surface area contributed by atoms with Crippen molar-refractivity contribution in [3.8, 4) is 0 Å². The van der Waals surface area contributed by atoms with Gasteiger partial charge in [0.05, 0.1) is 12.3 Å². The molecule has 4 rings (SSSR count). The molecule has 0 aliphatic carbocycles. The number of nitrogens with zero attached hydrogens (tertiary/aromatic N) is 3. The van der Waals surface area contributed by atoms with E-state index in [1.165, 1.54) is 43.7 Å². The van der Waals surface area contributed by atoms with Crippen LogP contribution in [0.3, 0.4) is 0 Å². The van der Waals surface area contributed by atoms with Gasteiger partial charge in [0.2, 0.25) is 0 Å². The van der Waals surface area contributed by atoms with Crippen LogP contribution in [0, 0.1) is 11.3 Å². The zero-order chi connectivity index (χ0) is 30.0. The molecule has 2 fully saturated rings. The minimum Gasteiger partial charge on any atom is -0.475 e. The monoisotopic (exact) mass is 599 g/mol. The summed E-state index contributed by atoms with van der Waals surface area (Å²) in [5.41, 5.74) is 3.05. The van der Waals surface area contributed by atoms with Crippen molar-refractivity contribution in [1.82, 2.24) is 14.8 Å². The molecule has 0 saturated carbocycles. The molecule has 15 heteroatoms. The fourth-order valence-corrected chi connectivity index (χ4v) is 5.44. The first kappa shape index (κ1) is 33.5. The van der Waals surface area contributed by atoms with Gasteiger partial charge in [-0.3, -0.25) is 14.8 Å². The average molecular weight is 600 g/mol. The van der Waals surface area contributed by atoms with Crippen molar-refractivity contribution in [3.05, 3.63) is 52.5 Å². The van der Waals surface area contributed by atoms with E-state index in [4.69, 9.17) is 24.5 Å². The fraction of sp³-hybridized carbons (Fsp3) is 0.560. The van der Waals surface area contributed by atoms with E-state index in [1.54, 1.807) is 11.3 Å². The van der Waals surface area contributed by atoms with Crippen LogP contribution in [0.5, 0.6) is 0 Å². The summed E-state index contributed by atoms with van der Waals surface area (Å²) in [7, 11) is 1.85. The maximum Gasteiger partial charge on any atom is 0.490 e. The van der Waals surface area contributed by atoms with E-state index in [0.717, 1.165) is 26.2 Å². The number of carboxylic acid groups (broad SMARTS) is 2. The smallest absolute Gasteiger partial charge is 0.475 e. The predicted molar refractivity (Wildman–Crippen MR) is 134 cm³/mol. The highest BCUT2D eigenvalue weighted by molar-refractivity contribution is 7.07. The Kier molecular flexibility index (Phi) is 12.3. The van der Waals surface area contributed by atoms with Crippen LogP contribution in [0.4, 0.5) is 26.3 Å². The molecular weight excluding hydrogens is 568 g/mol. The van der Waals surface area contributed by atoms with Crippen molar-refractivity contribution in [3.63, 3.8) is 0 Å². The molecule has 2 aliphatic rings. The van der Waals surface area contributed by atoms with E-state index in [2.05, 4.69) is 43.7 Å². The molecular formula is C25H31F6N3O5S. The molecule has 2 N–H and O–H groups in total. The second-order valence-electron chi connectivity index (χ2n) is 9.52. The van der Waals surface area contributed by atoms with E-state index in [0.29, 0.717) is 11.3 Å². The van der Waals surface area contributed by atoms with E-state index in [-0.39, 0.29) is 0 Å². The molecule has 0 radical (unpaired) electrons. The predicted octanol–water partition coefficient (Wildman–Crippen LogP) is 4.77. The Balaban J connectivity index is 0.000000333. The number of methoxy groups -OCH3 is 1. The molecule has 2 aromatic heterocycles. The number of hydrogen-bond acceptors (Lipinski definition) is 7. The second-order valence-corrected chi connectivity index (χ2v) is 10.3. The molecule has 2 aliphatic heterocycles. The standard InChI is InChI=1S/C21H29N3OS.2C2HF3O2/c1-25-15-19-13-24(14-20-4-2-3-8-22-20)17-21(19)6-9-23(10-7-21)12-18-5-11-26-16-18;2*3-2(4,5)1(6)7/h2-5,8,11,16,19H,6-7,9-10,12-15,17H2,1H3;2*(H,6,7). The third-order valence-electron chi connectivity index (χ3n) is 6.69. The number of halogens is 6. The number of ether oxygens (including phenoxy) is 1. The summed E-state index contributed by atoms with van der Waals surface area (Å²) >= 11 is 1.80. The third kappa shape index (κ3) is 10.7. The molecule has 1 spiro atoms. The van der Waals surface area contributed by atoms with Gasteiger partial charge in [0.25, 0.3) is 0 Å². The lowest BCUT2D eigenvalue weighted by Gasteiger charge is -2.42. The summed E-state index contributed by atoms with van der Waals surface area (Å²) in [6, 6.07) is 8.47. The normalized spacial score (nSPS) is 19.3. The van der Waals surface area contributed by atoms with Crippen molar-refractivity contribution < 1.29 is 50.9 Å². The highest BCUT2D eigenvalue weighted by atomic mass is 32.1. The van der Waals surface area contributed by atoms with Crippen LogP contribution in [0.25, 0.3) is 0 Å². The second kappa shape index (κ2) is 14.8. The van der Waals surface area contributed by atoms with Crippen LogP contribution in [0.1, 0.15) is 24.1 Å². The molecule has 8 nitrogen and oxygen atoms in total. The lowest BCUT2D eigenvalue weighted by molar-refractivity contribution is -0.193. The maximum atomic E-state index is 10.6. The van der Waals surface area contributed by atoms with Crippen LogP contribution in [0.15, 0.2) is 41.2 Å². The molecule has 0 bridgehead atoms. The molecule has 4 heterocycles. The molecule has 2 aromatic rings. The van der Waals surface area contributed by atoms with Gasteiger partial charge >= 0.3 is 24.3 Å². The van der Waals surface area contributed by atoms with Gasteiger partial charge in [0, 0.05) is 45.4 Å². The summed E-state index contributed by atoms with van der Waals surface area (Å²) in [5.74, 6) is -4.88. The number of piperidine rings is 1. The number of thiophene rings is 1. The van der Waals surface area contributed by atoms with Gasteiger partial charge < -0.3 is 14.9 Å². The minimum absolute atomic E-state index is 0.413. The summed E-state index contributed by atoms with van der Waals surface area (Å²) in [6.07, 6.45) is -5.70. The molecule has 40 heavy (non-hydrogen) atoms. The van der Waals surface area contributed by atoms with Crippen LogP contribution < -0.4 is 0 Å². The molecule has 1 unspecified atom stereocenters. The number of carbonyl (C=O) groups is 2. The van der Waals surface area contributed by atoms with Crippen LogP contribution in [-0.4, -0.2) is 89.2 Å². The Hall–Kier alpha value is -2.75. The first-order valence-electron chi connectivity index (χ1n) is 12.1. The zero-order valence-electron chi connectivity index (χ0n) is 21.6. The Labute approximate surface area is 231 Å². The van der Waals surface area contributed by atoms with E-state index < -0.39 is 24.3 Å². The summed E-state index contributed by atoms with van der Waals surface area (Å²) in [5, 5.41) is 18.7. The topological polar surface area (TPSA) is 103 Å². The number of carboxylic acids is 2. The Bertz CT molecular complexity index is 1020.